The van der Waals surface area contributed by atoms with Gasteiger partial charge >= 0.3 is 6.03 Å². The van der Waals surface area contributed by atoms with Crippen molar-refractivity contribution < 1.29 is 52.7 Å². The van der Waals surface area contributed by atoms with Crippen LogP contribution in [0.5, 0.6) is 0 Å². The minimum atomic E-state index is -0.960. The number of benzene rings is 1. The van der Waals surface area contributed by atoms with Crippen LogP contribution in [-0.2, 0) is 49.4 Å². The van der Waals surface area contributed by atoms with E-state index in [0.29, 0.717) is 90.3 Å². The molecule has 9 N–H and O–H groups in total. The lowest BCUT2D eigenvalue weighted by atomic mass is 10.0. The van der Waals surface area contributed by atoms with E-state index in [9.17, 15) is 24.3 Å². The van der Waals surface area contributed by atoms with Crippen molar-refractivity contribution in [2.24, 2.45) is 17.4 Å². The Morgan fingerprint density at radius 3 is 1.68 bits per heavy atom. The first-order chi connectivity index (χ1) is 24.2. The molecule has 2 atom stereocenters. The van der Waals surface area contributed by atoms with Crippen LogP contribution >= 0.6 is 0 Å². The molecule has 1 rings (SSSR count). The van der Waals surface area contributed by atoms with Crippen molar-refractivity contribution in [1.82, 2.24) is 16.0 Å². The third-order valence-corrected chi connectivity index (χ3v) is 6.87. The fourth-order valence-electron chi connectivity index (χ4n) is 4.20. The van der Waals surface area contributed by atoms with E-state index in [1.165, 1.54) is 0 Å². The Morgan fingerprint density at radius 2 is 1.22 bits per heavy atom. The fraction of sp³-hybridized carbons (Fsp3) is 0.697. The standard InChI is InChI=1S/C33H58N6O11/c1-25(2)30(32(43)38-28(4-3-11-36-33(35)44)31(42)37-27-7-5-26(24-40)6-8-27)39-29(41)9-12-45-14-16-47-18-20-49-22-23-50-21-19-48-17-15-46-13-10-34/h5-8,25,28,30,40H,3-4,9-24,34H2,1-2H3,(H,37,42)(H,38,43)(H,39,41)(H3,35,36,44)/t28-,30-/m0/s1. The van der Waals surface area contributed by atoms with Crippen molar-refractivity contribution >= 4 is 29.4 Å². The molecule has 0 saturated carbocycles. The lowest BCUT2D eigenvalue weighted by Gasteiger charge is -2.25. The number of ether oxygens (including phenoxy) is 6. The van der Waals surface area contributed by atoms with Crippen LogP contribution in [-0.4, -0.2) is 133 Å². The van der Waals surface area contributed by atoms with Crippen LogP contribution in [0.2, 0.25) is 0 Å². The number of aliphatic hydroxyl groups is 1. The zero-order valence-electron chi connectivity index (χ0n) is 29.5. The number of primary amides is 1. The van der Waals surface area contributed by atoms with Crippen molar-refractivity contribution in [2.45, 2.75) is 51.8 Å². The highest BCUT2D eigenvalue weighted by molar-refractivity contribution is 5.98. The number of anilines is 1. The van der Waals surface area contributed by atoms with Crippen LogP contribution < -0.4 is 32.7 Å². The molecule has 17 nitrogen and oxygen atoms in total. The van der Waals surface area contributed by atoms with Crippen molar-refractivity contribution in [3.05, 3.63) is 29.8 Å². The summed E-state index contributed by atoms with van der Waals surface area (Å²) in [6.07, 6.45) is 0.584. The van der Waals surface area contributed by atoms with Crippen molar-refractivity contribution in [3.63, 3.8) is 0 Å². The van der Waals surface area contributed by atoms with E-state index in [1.54, 1.807) is 38.1 Å². The molecule has 5 amide bonds. The first kappa shape index (κ1) is 44.6. The molecule has 0 aromatic heterocycles. The number of hydrogen-bond donors (Lipinski definition) is 7. The second kappa shape index (κ2) is 29.3. The maximum Gasteiger partial charge on any atom is 0.312 e. The average molecular weight is 715 g/mol. The Morgan fingerprint density at radius 1 is 0.720 bits per heavy atom. The number of hydrogen-bond acceptors (Lipinski definition) is 12. The third-order valence-electron chi connectivity index (χ3n) is 6.87. The second-order valence-corrected chi connectivity index (χ2v) is 11.3. The average Bonchev–Trinajstić information content (AvgIpc) is 3.09. The van der Waals surface area contributed by atoms with E-state index < -0.39 is 29.9 Å². The van der Waals surface area contributed by atoms with Crippen molar-refractivity contribution in [3.8, 4) is 0 Å². The molecule has 0 aliphatic heterocycles. The molecular weight excluding hydrogens is 656 g/mol. The van der Waals surface area contributed by atoms with Crippen LogP contribution in [0.25, 0.3) is 0 Å². The highest BCUT2D eigenvalue weighted by Crippen LogP contribution is 2.12. The zero-order valence-corrected chi connectivity index (χ0v) is 29.5. The molecule has 0 spiro atoms. The second-order valence-electron chi connectivity index (χ2n) is 11.3. The Labute approximate surface area is 294 Å². The predicted molar refractivity (Wildman–Crippen MR) is 185 cm³/mol. The van der Waals surface area contributed by atoms with E-state index in [1.807, 2.05) is 0 Å². The van der Waals surface area contributed by atoms with Gasteiger partial charge in [-0.15, -0.1) is 0 Å². The van der Waals surface area contributed by atoms with Gasteiger partial charge in [0.1, 0.15) is 12.1 Å². The number of carbonyl (C=O) groups is 4. The number of carbonyl (C=O) groups excluding carboxylic acids is 4. The van der Waals surface area contributed by atoms with Gasteiger partial charge in [-0.1, -0.05) is 26.0 Å². The Bertz CT molecular complexity index is 1070. The van der Waals surface area contributed by atoms with Crippen LogP contribution in [0.15, 0.2) is 24.3 Å². The molecule has 17 heteroatoms. The summed E-state index contributed by atoms with van der Waals surface area (Å²) in [4.78, 5) is 50.1. The molecule has 1 aromatic rings. The lowest BCUT2D eigenvalue weighted by molar-refractivity contribution is -0.132. The normalized spacial score (nSPS) is 12.3. The van der Waals surface area contributed by atoms with E-state index in [2.05, 4.69) is 21.3 Å². The van der Waals surface area contributed by atoms with E-state index >= 15 is 0 Å². The Balaban J connectivity index is 2.31. The minimum absolute atomic E-state index is 0.0270. The molecule has 50 heavy (non-hydrogen) atoms. The maximum atomic E-state index is 13.3. The SMILES string of the molecule is CC(C)[C@H](NC(=O)CCOCCOCCOCCOCCOCCOCCN)C(=O)N[C@@H](CCCNC(N)=O)C(=O)Nc1ccc(CO)cc1. The van der Waals surface area contributed by atoms with Gasteiger partial charge in [-0.05, 0) is 36.5 Å². The molecule has 286 valence electrons. The number of nitrogens with one attached hydrogen (secondary N) is 4. The quantitative estimate of drug-likeness (QED) is 0.0488. The monoisotopic (exact) mass is 714 g/mol. The van der Waals surface area contributed by atoms with Gasteiger partial charge in [0.2, 0.25) is 17.7 Å². The summed E-state index contributed by atoms with van der Waals surface area (Å²) in [6, 6.07) is 4.05. The van der Waals surface area contributed by atoms with Gasteiger partial charge < -0.3 is 66.3 Å². The van der Waals surface area contributed by atoms with Gasteiger partial charge in [0.05, 0.1) is 85.9 Å². The third kappa shape index (κ3) is 23.1. The topological polar surface area (TPSA) is 244 Å². The van der Waals surface area contributed by atoms with Crippen LogP contribution in [0.3, 0.4) is 0 Å². The van der Waals surface area contributed by atoms with Crippen LogP contribution in [0.4, 0.5) is 10.5 Å². The number of nitrogens with two attached hydrogens (primary N) is 2. The Hall–Kier alpha value is -3.42. The lowest BCUT2D eigenvalue weighted by Crippen LogP contribution is -2.54. The number of aliphatic hydroxyl groups excluding tert-OH is 1. The first-order valence-corrected chi connectivity index (χ1v) is 17.0. The summed E-state index contributed by atoms with van der Waals surface area (Å²) in [5.74, 6) is -1.66. The van der Waals surface area contributed by atoms with Gasteiger partial charge in [-0.25, -0.2) is 4.79 Å². The molecule has 0 heterocycles. The van der Waals surface area contributed by atoms with E-state index in [0.717, 1.165) is 0 Å². The van der Waals surface area contributed by atoms with Gasteiger partial charge in [0.15, 0.2) is 0 Å². The number of rotatable bonds is 31. The molecule has 0 aliphatic rings. The Kier molecular flexibility index (Phi) is 26.2. The first-order valence-electron chi connectivity index (χ1n) is 17.0. The molecule has 0 unspecified atom stereocenters. The zero-order chi connectivity index (χ0) is 36.8. The van der Waals surface area contributed by atoms with E-state index in [4.69, 9.17) is 39.9 Å². The largest absolute Gasteiger partial charge is 0.392 e. The van der Waals surface area contributed by atoms with Crippen LogP contribution in [0, 0.1) is 5.92 Å². The van der Waals surface area contributed by atoms with Gasteiger partial charge in [0.25, 0.3) is 0 Å². The van der Waals surface area contributed by atoms with Crippen molar-refractivity contribution in [1.29, 1.82) is 0 Å². The fourth-order valence-corrected chi connectivity index (χ4v) is 4.20. The molecule has 1 aromatic carbocycles. The maximum absolute atomic E-state index is 13.3. The highest BCUT2D eigenvalue weighted by atomic mass is 16.6. The molecule has 0 bridgehead atoms. The number of urea groups is 1. The molecular formula is C33H58N6O11. The van der Waals surface area contributed by atoms with Gasteiger partial charge in [-0.3, -0.25) is 14.4 Å². The van der Waals surface area contributed by atoms with Crippen LogP contribution in [0.1, 0.15) is 38.7 Å². The summed E-state index contributed by atoms with van der Waals surface area (Å²) in [6.45, 7) is 9.05. The molecule has 0 fully saturated rings. The summed E-state index contributed by atoms with van der Waals surface area (Å²) in [5, 5.41) is 19.9. The smallest absolute Gasteiger partial charge is 0.312 e. The van der Waals surface area contributed by atoms with Gasteiger partial charge in [0, 0.05) is 25.2 Å². The molecule has 0 aliphatic carbocycles. The predicted octanol–water partition coefficient (Wildman–Crippen LogP) is -0.360. The van der Waals surface area contributed by atoms with Crippen molar-refractivity contribution in [2.75, 3.05) is 97.7 Å². The summed E-state index contributed by atoms with van der Waals surface area (Å²) in [7, 11) is 0. The van der Waals surface area contributed by atoms with Gasteiger partial charge in [-0.2, -0.15) is 0 Å². The summed E-state index contributed by atoms with van der Waals surface area (Å²) < 4.78 is 32.4. The number of amides is 5. The van der Waals surface area contributed by atoms with E-state index in [-0.39, 0.29) is 51.0 Å². The highest BCUT2D eigenvalue weighted by Gasteiger charge is 2.28. The molecule has 0 radical (unpaired) electrons. The molecule has 0 saturated heterocycles. The summed E-state index contributed by atoms with van der Waals surface area (Å²) >= 11 is 0. The minimum Gasteiger partial charge on any atom is -0.392 e. The summed E-state index contributed by atoms with van der Waals surface area (Å²) in [5.41, 5.74) is 11.6.